The number of aromatic nitrogens is 2. The highest BCUT2D eigenvalue weighted by Crippen LogP contribution is 2.47. The van der Waals surface area contributed by atoms with E-state index in [9.17, 15) is 0 Å². The van der Waals surface area contributed by atoms with Crippen LogP contribution in [0.25, 0.3) is 33.6 Å². The molecule has 0 spiro atoms. The zero-order valence-corrected chi connectivity index (χ0v) is 28.5. The van der Waals surface area contributed by atoms with E-state index in [1.165, 1.54) is 45.0 Å². The summed E-state index contributed by atoms with van der Waals surface area (Å²) in [6, 6.07) is 60.8. The molecule has 10 rings (SSSR count). The Balaban J connectivity index is 1.08. The Morgan fingerprint density at radius 1 is 0.346 bits per heavy atom. The first-order valence-corrected chi connectivity index (χ1v) is 17.8. The lowest BCUT2D eigenvalue weighted by Crippen LogP contribution is -2.18. The van der Waals surface area contributed by atoms with Crippen LogP contribution in [0.4, 0.5) is 34.1 Å². The maximum atomic E-state index is 5.02. The first kappa shape index (κ1) is 30.1. The SMILES string of the molecule is c1cc(-c2ncccc2-c2cccnc2-c2cccc(N3c4ccccc4Cc4ccccc43)c2)cc(N2c3ccccc3Cc3ccccc32)c1. The number of nitrogens with zero attached hydrogens (tertiary/aromatic N) is 4. The van der Waals surface area contributed by atoms with Crippen LogP contribution in [0.3, 0.4) is 0 Å². The van der Waals surface area contributed by atoms with Gasteiger partial charge in [0.15, 0.2) is 0 Å². The van der Waals surface area contributed by atoms with Crippen LogP contribution in [0.2, 0.25) is 0 Å². The van der Waals surface area contributed by atoms with Crippen molar-refractivity contribution in [2.45, 2.75) is 12.8 Å². The summed E-state index contributed by atoms with van der Waals surface area (Å²) in [6.45, 7) is 0. The van der Waals surface area contributed by atoms with Gasteiger partial charge >= 0.3 is 0 Å². The summed E-state index contributed by atoms with van der Waals surface area (Å²) in [5.74, 6) is 0. The van der Waals surface area contributed by atoms with Crippen LogP contribution < -0.4 is 9.80 Å². The van der Waals surface area contributed by atoms with Gasteiger partial charge in [-0.3, -0.25) is 9.97 Å². The van der Waals surface area contributed by atoms with E-state index in [-0.39, 0.29) is 0 Å². The highest BCUT2D eigenvalue weighted by Gasteiger charge is 2.26. The molecule has 0 fully saturated rings. The Morgan fingerprint density at radius 2 is 0.712 bits per heavy atom. The van der Waals surface area contributed by atoms with E-state index < -0.39 is 0 Å². The average Bonchev–Trinajstić information content (AvgIpc) is 3.22. The molecular weight excluding hydrogens is 633 g/mol. The van der Waals surface area contributed by atoms with E-state index in [0.29, 0.717) is 0 Å². The van der Waals surface area contributed by atoms with Gasteiger partial charge in [-0.2, -0.15) is 0 Å². The minimum absolute atomic E-state index is 0.923. The van der Waals surface area contributed by atoms with Crippen LogP contribution in [-0.4, -0.2) is 9.97 Å². The van der Waals surface area contributed by atoms with Crippen molar-refractivity contribution in [2.75, 3.05) is 9.80 Å². The fourth-order valence-electron chi connectivity index (χ4n) is 8.03. The fourth-order valence-corrected chi connectivity index (χ4v) is 8.03. The summed E-state index contributed by atoms with van der Waals surface area (Å²) >= 11 is 0. The van der Waals surface area contributed by atoms with E-state index in [4.69, 9.17) is 9.97 Å². The Bertz CT molecular complexity index is 2350. The lowest BCUT2D eigenvalue weighted by molar-refractivity contribution is 1.09. The molecule has 6 aromatic carbocycles. The molecule has 0 saturated carbocycles. The number of fused-ring (bicyclic) bond motifs is 4. The van der Waals surface area contributed by atoms with Gasteiger partial charge in [0.1, 0.15) is 0 Å². The van der Waals surface area contributed by atoms with Crippen LogP contribution >= 0.6 is 0 Å². The normalized spacial score (nSPS) is 12.8. The third kappa shape index (κ3) is 5.07. The molecule has 52 heavy (non-hydrogen) atoms. The largest absolute Gasteiger partial charge is 0.310 e. The number of pyridine rings is 2. The predicted molar refractivity (Wildman–Crippen MR) is 213 cm³/mol. The molecule has 2 aliphatic heterocycles. The first-order chi connectivity index (χ1) is 25.8. The molecule has 0 saturated heterocycles. The topological polar surface area (TPSA) is 32.3 Å². The van der Waals surface area contributed by atoms with Crippen molar-refractivity contribution >= 4 is 34.1 Å². The van der Waals surface area contributed by atoms with Gasteiger partial charge in [-0.25, -0.2) is 0 Å². The Morgan fingerprint density at radius 3 is 1.10 bits per heavy atom. The predicted octanol–water partition coefficient (Wildman–Crippen LogP) is 12.2. The number of hydrogen-bond donors (Lipinski definition) is 0. The standard InChI is InChI=1S/C48H34N4/c1-5-23-43-33(13-1)29-34-14-2-6-24-44(34)51(43)39-19-9-17-37(31-39)47-41(21-11-27-49-47)42-22-12-28-50-48(42)38-18-10-20-40(32-38)52-45-25-7-3-15-35(45)30-36-16-4-8-26-46(36)52/h1-28,31-32H,29-30H2. The summed E-state index contributed by atoms with van der Waals surface area (Å²) < 4.78 is 0. The maximum absolute atomic E-state index is 5.02. The van der Waals surface area contributed by atoms with Crippen molar-refractivity contribution < 1.29 is 0 Å². The Labute approximate surface area is 304 Å². The summed E-state index contributed by atoms with van der Waals surface area (Å²) in [5.41, 5.74) is 18.4. The van der Waals surface area contributed by atoms with Crippen molar-refractivity contribution in [3.8, 4) is 33.6 Å². The Hall–Kier alpha value is -6.78. The smallest absolute Gasteiger partial charge is 0.0781 e. The van der Waals surface area contributed by atoms with Gasteiger partial charge in [0.05, 0.1) is 11.4 Å². The maximum Gasteiger partial charge on any atom is 0.0781 e. The monoisotopic (exact) mass is 666 g/mol. The molecule has 0 aliphatic carbocycles. The Kier molecular flexibility index (Phi) is 7.24. The molecule has 0 bridgehead atoms. The minimum atomic E-state index is 0.923. The van der Waals surface area contributed by atoms with Crippen LogP contribution in [0, 0.1) is 0 Å². The van der Waals surface area contributed by atoms with Crippen molar-refractivity contribution in [3.05, 3.63) is 205 Å². The number of anilines is 6. The van der Waals surface area contributed by atoms with E-state index in [1.807, 2.05) is 24.5 Å². The first-order valence-electron chi connectivity index (χ1n) is 17.8. The van der Waals surface area contributed by atoms with Gasteiger partial charge < -0.3 is 9.80 Å². The second-order valence-corrected chi connectivity index (χ2v) is 13.4. The van der Waals surface area contributed by atoms with Gasteiger partial charge in [0, 0.05) is 81.6 Å². The van der Waals surface area contributed by atoms with Crippen molar-refractivity contribution in [1.82, 2.24) is 9.97 Å². The average molecular weight is 667 g/mol. The molecule has 4 nitrogen and oxygen atoms in total. The lowest BCUT2D eigenvalue weighted by Gasteiger charge is -2.33. The molecule has 2 aliphatic rings. The molecule has 246 valence electrons. The van der Waals surface area contributed by atoms with Gasteiger partial charge in [0.25, 0.3) is 0 Å². The molecule has 4 heteroatoms. The highest BCUT2D eigenvalue weighted by molar-refractivity contribution is 5.92. The van der Waals surface area contributed by atoms with Gasteiger partial charge in [0.2, 0.25) is 0 Å². The second kappa shape index (κ2) is 12.5. The molecule has 0 unspecified atom stereocenters. The van der Waals surface area contributed by atoms with E-state index >= 15 is 0 Å². The minimum Gasteiger partial charge on any atom is -0.310 e. The third-order valence-corrected chi connectivity index (χ3v) is 10.4. The third-order valence-electron chi connectivity index (χ3n) is 10.4. The van der Waals surface area contributed by atoms with E-state index in [2.05, 4.69) is 168 Å². The number of para-hydroxylation sites is 4. The molecule has 0 N–H and O–H groups in total. The quantitative estimate of drug-likeness (QED) is 0.183. The number of benzene rings is 6. The molecule has 4 heterocycles. The number of hydrogen-bond acceptors (Lipinski definition) is 4. The van der Waals surface area contributed by atoms with Crippen LogP contribution in [0.15, 0.2) is 182 Å². The van der Waals surface area contributed by atoms with E-state index in [0.717, 1.165) is 57.9 Å². The molecular formula is C48H34N4. The fraction of sp³-hybridized carbons (Fsp3) is 0.0417. The zero-order valence-electron chi connectivity index (χ0n) is 28.5. The van der Waals surface area contributed by atoms with Gasteiger partial charge in [-0.15, -0.1) is 0 Å². The summed E-state index contributed by atoms with van der Waals surface area (Å²) in [5, 5.41) is 0. The van der Waals surface area contributed by atoms with Crippen LogP contribution in [0.5, 0.6) is 0 Å². The second-order valence-electron chi connectivity index (χ2n) is 13.4. The van der Waals surface area contributed by atoms with Crippen LogP contribution in [-0.2, 0) is 12.8 Å². The van der Waals surface area contributed by atoms with Crippen molar-refractivity contribution in [1.29, 1.82) is 0 Å². The number of rotatable bonds is 5. The van der Waals surface area contributed by atoms with Crippen molar-refractivity contribution in [2.24, 2.45) is 0 Å². The molecule has 8 aromatic rings. The highest BCUT2D eigenvalue weighted by atomic mass is 15.2. The van der Waals surface area contributed by atoms with Crippen LogP contribution in [0.1, 0.15) is 22.3 Å². The summed E-state index contributed by atoms with van der Waals surface area (Å²) in [6.07, 6.45) is 5.63. The summed E-state index contributed by atoms with van der Waals surface area (Å²) in [4.78, 5) is 14.8. The lowest BCUT2D eigenvalue weighted by atomic mass is 9.93. The van der Waals surface area contributed by atoms with Gasteiger partial charge in [-0.1, -0.05) is 109 Å². The van der Waals surface area contributed by atoms with E-state index in [1.54, 1.807) is 0 Å². The molecule has 0 amide bonds. The zero-order chi connectivity index (χ0) is 34.4. The molecule has 2 aromatic heterocycles. The molecule has 0 radical (unpaired) electrons. The van der Waals surface area contributed by atoms with Gasteiger partial charge in [-0.05, 0) is 82.9 Å². The van der Waals surface area contributed by atoms with Crippen molar-refractivity contribution in [3.63, 3.8) is 0 Å². The molecule has 0 atom stereocenters. The summed E-state index contributed by atoms with van der Waals surface area (Å²) in [7, 11) is 0.